The van der Waals surface area contributed by atoms with Crippen LogP contribution in [0.2, 0.25) is 0 Å². The van der Waals surface area contributed by atoms with Crippen molar-refractivity contribution in [2.45, 2.75) is 149 Å². The second-order valence-corrected chi connectivity index (χ2v) is 19.5. The molecule has 0 aromatic carbocycles. The molecule has 1 aliphatic carbocycles. The number of amides is 5. The quantitative estimate of drug-likeness (QED) is 0.178. The molecule has 1 aliphatic heterocycles. The summed E-state index contributed by atoms with van der Waals surface area (Å²) in [4.78, 5) is 69.1. The van der Waals surface area contributed by atoms with Crippen LogP contribution in [0.15, 0.2) is 0 Å². The molecule has 4 atom stereocenters. The highest BCUT2D eigenvalue weighted by Gasteiger charge is 2.48. The highest BCUT2D eigenvalue weighted by Crippen LogP contribution is 2.40. The lowest BCUT2D eigenvalue weighted by Gasteiger charge is -2.49. The molecule has 2 aliphatic rings. The van der Waals surface area contributed by atoms with Crippen molar-refractivity contribution in [1.82, 2.24) is 26.2 Å². The lowest BCUT2D eigenvalue weighted by molar-refractivity contribution is -0.151. The van der Waals surface area contributed by atoms with E-state index in [1.807, 2.05) is 41.5 Å². The Morgan fingerprint density at radius 1 is 0.980 bits per heavy atom. The van der Waals surface area contributed by atoms with Crippen LogP contribution in [0, 0.1) is 29.1 Å². The van der Waals surface area contributed by atoms with Crippen LogP contribution in [0.3, 0.4) is 0 Å². The summed E-state index contributed by atoms with van der Waals surface area (Å²) >= 11 is 0. The average Bonchev–Trinajstić information content (AvgIpc) is 2.97. The summed E-state index contributed by atoms with van der Waals surface area (Å²) in [6.45, 7) is 18.5. The van der Waals surface area contributed by atoms with Gasteiger partial charge < -0.3 is 26.2 Å². The highest BCUT2D eigenvalue weighted by atomic mass is 32.2. The fraction of sp³-hybridized carbons (Fsp3) is 0.806. The number of hydrogen-bond donors (Lipinski definition) is 4. The largest absolute Gasteiger partial charge is 0.350 e. The van der Waals surface area contributed by atoms with E-state index >= 15 is 0 Å². The molecule has 2 rings (SSSR count). The fourth-order valence-corrected chi connectivity index (χ4v) is 7.99. The number of nitrogens with zero attached hydrogens (tertiary/aromatic N) is 1. The van der Waals surface area contributed by atoms with Crippen molar-refractivity contribution < 1.29 is 32.4 Å². The molecule has 0 spiro atoms. The second-order valence-electron chi connectivity index (χ2n) is 16.7. The molecule has 13 heteroatoms. The van der Waals surface area contributed by atoms with Crippen LogP contribution in [0.25, 0.3) is 0 Å². The van der Waals surface area contributed by atoms with Gasteiger partial charge in [0.05, 0.1) is 22.1 Å². The third kappa shape index (κ3) is 10.9. The Morgan fingerprint density at radius 3 is 2.08 bits per heavy atom. The summed E-state index contributed by atoms with van der Waals surface area (Å²) in [6.07, 6.45) is 9.39. The predicted octanol–water partition coefficient (Wildman–Crippen LogP) is 3.48. The normalized spacial score (nSPS) is 22.1. The van der Waals surface area contributed by atoms with Gasteiger partial charge in [0.2, 0.25) is 17.6 Å². The number of ketones is 1. The van der Waals surface area contributed by atoms with Gasteiger partial charge in [-0.15, -0.1) is 12.3 Å². The predicted molar refractivity (Wildman–Crippen MR) is 191 cm³/mol. The summed E-state index contributed by atoms with van der Waals surface area (Å²) in [5.74, 6) is -0.481. The van der Waals surface area contributed by atoms with Crippen LogP contribution in [0.1, 0.15) is 121 Å². The summed E-state index contributed by atoms with van der Waals surface area (Å²) in [5.41, 5.74) is -2.13. The molecule has 1 saturated heterocycles. The molecular weight excluding hydrogens is 646 g/mol. The molecule has 1 saturated carbocycles. The van der Waals surface area contributed by atoms with E-state index in [-0.39, 0.29) is 49.4 Å². The van der Waals surface area contributed by atoms with Crippen molar-refractivity contribution in [2.24, 2.45) is 16.7 Å². The summed E-state index contributed by atoms with van der Waals surface area (Å²) in [6, 6.07) is -3.89. The molecular formula is C36H61N5O7S. The first kappa shape index (κ1) is 42.0. The van der Waals surface area contributed by atoms with E-state index in [2.05, 4.69) is 27.2 Å². The highest BCUT2D eigenvalue weighted by molar-refractivity contribution is 7.92. The monoisotopic (exact) mass is 707 g/mol. The van der Waals surface area contributed by atoms with Crippen LogP contribution in [0.4, 0.5) is 4.79 Å². The van der Waals surface area contributed by atoms with E-state index < -0.39 is 73.2 Å². The van der Waals surface area contributed by atoms with Crippen LogP contribution in [-0.4, -0.2) is 90.1 Å². The fourth-order valence-electron chi connectivity index (χ4n) is 6.46. The molecule has 1 heterocycles. The van der Waals surface area contributed by atoms with Crippen molar-refractivity contribution in [3.05, 3.63) is 0 Å². The van der Waals surface area contributed by atoms with Crippen molar-refractivity contribution in [2.75, 3.05) is 18.8 Å². The van der Waals surface area contributed by atoms with E-state index in [4.69, 9.17) is 6.42 Å². The van der Waals surface area contributed by atoms with E-state index in [0.717, 1.165) is 19.3 Å². The SMILES string of the molecule is C#CCCC(NC(=O)[C@@H]1CC(C)(C)C(C)CN1C(=O)[C@@H](NC(=O)NC1(CS(=O)(=O)C(C)(C)C)CCCCC1)C(C)(C)C)C(=O)C(=O)NCC. The first-order valence-electron chi connectivity index (χ1n) is 17.6. The summed E-state index contributed by atoms with van der Waals surface area (Å²) in [5, 5.41) is 11.0. The molecule has 278 valence electrons. The molecule has 0 bridgehead atoms. The summed E-state index contributed by atoms with van der Waals surface area (Å²) < 4.78 is 25.6. The number of hydrogen-bond acceptors (Lipinski definition) is 7. The number of nitrogens with one attached hydrogen (secondary N) is 4. The lowest BCUT2D eigenvalue weighted by Crippen LogP contribution is -2.66. The number of likely N-dealkylation sites (tertiary alicyclic amines) is 1. The third-order valence-electron chi connectivity index (χ3n) is 10.2. The first-order chi connectivity index (χ1) is 22.4. The van der Waals surface area contributed by atoms with Gasteiger partial charge in [-0.2, -0.15) is 0 Å². The number of piperidine rings is 1. The van der Waals surface area contributed by atoms with Crippen molar-refractivity contribution in [3.63, 3.8) is 0 Å². The molecule has 5 amide bonds. The molecule has 12 nitrogen and oxygen atoms in total. The van der Waals surface area contributed by atoms with Gasteiger partial charge in [0, 0.05) is 19.5 Å². The lowest BCUT2D eigenvalue weighted by atomic mass is 9.71. The number of urea groups is 1. The number of carbonyl (C=O) groups excluding carboxylic acids is 5. The van der Waals surface area contributed by atoms with Gasteiger partial charge in [-0.25, -0.2) is 13.2 Å². The second kappa shape index (κ2) is 16.3. The van der Waals surface area contributed by atoms with Gasteiger partial charge in [-0.3, -0.25) is 19.2 Å². The van der Waals surface area contributed by atoms with Crippen molar-refractivity contribution >= 4 is 39.4 Å². The molecule has 2 fully saturated rings. The standard InChI is InChI=1S/C36H61N5O7S/c1-12-14-18-25(27(42)30(44)37-13-2)38-29(43)26-21-35(10,11)24(3)22-41(26)31(45)28(33(4,5)6)39-32(46)40-36(19-16-15-17-20-36)23-49(47,48)34(7,8)9/h1,24-26,28H,13-23H2,2-11H3,(H,37,44)(H,38,43)(H2,39,40,46)/t24?,25?,26-,28+/m0/s1. The zero-order valence-electron chi connectivity index (χ0n) is 31.4. The number of likely N-dealkylation sites (N-methyl/N-ethyl adjacent to an activating group) is 1. The molecule has 4 N–H and O–H groups in total. The van der Waals surface area contributed by atoms with Gasteiger partial charge in [0.15, 0.2) is 9.84 Å². The van der Waals surface area contributed by atoms with E-state index in [1.54, 1.807) is 27.7 Å². The third-order valence-corrected chi connectivity index (χ3v) is 13.0. The van der Waals surface area contributed by atoms with E-state index in [0.29, 0.717) is 12.8 Å². The maximum Gasteiger partial charge on any atom is 0.315 e. The molecule has 0 aromatic rings. The number of Topliss-reactive ketones (excluding diaryl/α,β-unsaturated/α-hetero) is 1. The van der Waals surface area contributed by atoms with Gasteiger partial charge in [-0.05, 0) is 70.1 Å². The maximum atomic E-state index is 14.5. The van der Waals surface area contributed by atoms with Crippen molar-refractivity contribution in [1.29, 1.82) is 0 Å². The van der Waals surface area contributed by atoms with Crippen LogP contribution < -0.4 is 21.3 Å². The molecule has 2 unspecified atom stereocenters. The Morgan fingerprint density at radius 2 is 1.57 bits per heavy atom. The minimum atomic E-state index is -3.58. The number of terminal acetylenes is 1. The minimum absolute atomic E-state index is 0.0164. The number of sulfone groups is 1. The minimum Gasteiger partial charge on any atom is -0.350 e. The van der Waals surface area contributed by atoms with Gasteiger partial charge >= 0.3 is 6.03 Å². The maximum absolute atomic E-state index is 14.5. The van der Waals surface area contributed by atoms with Crippen LogP contribution in [-0.2, 0) is 29.0 Å². The summed E-state index contributed by atoms with van der Waals surface area (Å²) in [7, 11) is -3.58. The van der Waals surface area contributed by atoms with E-state index in [9.17, 15) is 32.4 Å². The topological polar surface area (TPSA) is 171 Å². The number of rotatable bonds is 12. The van der Waals surface area contributed by atoms with Gasteiger partial charge in [0.1, 0.15) is 12.1 Å². The smallest absolute Gasteiger partial charge is 0.315 e. The molecule has 0 aromatic heterocycles. The Bertz CT molecular complexity index is 1380. The van der Waals surface area contributed by atoms with Crippen LogP contribution in [0.5, 0.6) is 0 Å². The Labute approximate surface area is 294 Å². The zero-order chi connectivity index (χ0) is 37.6. The number of carbonyl (C=O) groups is 5. The Kier molecular flexibility index (Phi) is 13.9. The first-order valence-corrected chi connectivity index (χ1v) is 19.2. The van der Waals surface area contributed by atoms with Gasteiger partial charge in [0.25, 0.3) is 5.91 Å². The van der Waals surface area contributed by atoms with E-state index in [1.165, 1.54) is 4.90 Å². The van der Waals surface area contributed by atoms with Crippen LogP contribution >= 0.6 is 0 Å². The Balaban J connectivity index is 2.43. The zero-order valence-corrected chi connectivity index (χ0v) is 32.2. The molecule has 0 radical (unpaired) electrons. The van der Waals surface area contributed by atoms with Crippen molar-refractivity contribution in [3.8, 4) is 12.3 Å². The Hall–Kier alpha value is -3.14. The average molecular weight is 708 g/mol. The molecule has 49 heavy (non-hydrogen) atoms. The van der Waals surface area contributed by atoms with Gasteiger partial charge in [-0.1, -0.05) is 60.8 Å².